The molecule has 94 valence electrons. The van der Waals surface area contributed by atoms with Gasteiger partial charge in [-0.25, -0.2) is 4.57 Å². The summed E-state index contributed by atoms with van der Waals surface area (Å²) >= 11 is 1.29. The Kier molecular flexibility index (Phi) is 3.59. The Morgan fingerprint density at radius 1 is 1.32 bits per heavy atom. The molecule has 0 fully saturated rings. The molecular formula is C14H13N4S+. The fourth-order valence-electron chi connectivity index (χ4n) is 2.14. The minimum absolute atomic E-state index is 0.358. The third-order valence-corrected chi connectivity index (χ3v) is 3.99. The third-order valence-electron chi connectivity index (χ3n) is 3.02. The first-order valence-corrected chi connectivity index (χ1v) is 6.53. The van der Waals surface area contributed by atoms with Gasteiger partial charge in [-0.1, -0.05) is 11.8 Å². The molecule has 1 aliphatic rings. The van der Waals surface area contributed by atoms with Crippen molar-refractivity contribution in [1.29, 1.82) is 10.5 Å². The Bertz CT molecular complexity index is 637. The van der Waals surface area contributed by atoms with E-state index in [2.05, 4.69) is 12.1 Å². The fraction of sp³-hybridized carbons (Fsp3) is 0.214. The molecule has 2 heterocycles. The van der Waals surface area contributed by atoms with Gasteiger partial charge in [0.05, 0.1) is 34.2 Å². The second-order valence-corrected chi connectivity index (χ2v) is 5.57. The van der Waals surface area contributed by atoms with E-state index in [1.165, 1.54) is 11.8 Å². The Labute approximate surface area is 116 Å². The van der Waals surface area contributed by atoms with Crippen molar-refractivity contribution in [3.05, 3.63) is 51.2 Å². The number of pyridine rings is 1. The molecule has 0 spiro atoms. The number of aryl methyl sites for hydroxylation is 1. The van der Waals surface area contributed by atoms with Gasteiger partial charge in [0.1, 0.15) is 7.05 Å². The molecule has 2 rings (SSSR count). The van der Waals surface area contributed by atoms with Crippen LogP contribution in [0.1, 0.15) is 18.4 Å². The maximum absolute atomic E-state index is 9.36. The van der Waals surface area contributed by atoms with E-state index >= 15 is 0 Å². The minimum Gasteiger partial charge on any atom is -0.392 e. The van der Waals surface area contributed by atoms with E-state index in [0.717, 1.165) is 10.5 Å². The first-order chi connectivity index (χ1) is 9.08. The van der Waals surface area contributed by atoms with Crippen LogP contribution < -0.4 is 10.3 Å². The van der Waals surface area contributed by atoms with Crippen LogP contribution in [0, 0.1) is 22.7 Å². The molecule has 19 heavy (non-hydrogen) atoms. The molecule has 1 atom stereocenters. The lowest BCUT2D eigenvalue weighted by molar-refractivity contribution is -0.671. The van der Waals surface area contributed by atoms with Crippen molar-refractivity contribution in [2.24, 2.45) is 12.8 Å². The molecular weight excluding hydrogens is 256 g/mol. The van der Waals surface area contributed by atoms with Gasteiger partial charge in [-0.15, -0.1) is 0 Å². The van der Waals surface area contributed by atoms with E-state index in [9.17, 15) is 10.5 Å². The lowest BCUT2D eigenvalue weighted by atomic mass is 9.86. The van der Waals surface area contributed by atoms with Crippen LogP contribution >= 0.6 is 11.8 Å². The zero-order valence-electron chi connectivity index (χ0n) is 10.7. The number of aromatic nitrogens is 1. The predicted octanol–water partition coefficient (Wildman–Crippen LogP) is 1.83. The monoisotopic (exact) mass is 269 g/mol. The van der Waals surface area contributed by atoms with Gasteiger partial charge >= 0.3 is 0 Å². The average molecular weight is 269 g/mol. The van der Waals surface area contributed by atoms with Crippen molar-refractivity contribution in [3.63, 3.8) is 0 Å². The number of hydrogen-bond donors (Lipinski definition) is 1. The van der Waals surface area contributed by atoms with Crippen LogP contribution in [0.5, 0.6) is 0 Å². The normalized spacial score (nSPS) is 19.1. The van der Waals surface area contributed by atoms with Crippen LogP contribution in [-0.2, 0) is 7.05 Å². The summed E-state index contributed by atoms with van der Waals surface area (Å²) in [6.07, 6.45) is 3.82. The SMILES string of the molecule is CC1=C(C#N)C(c2ccc[n+](C)c2)C(C#N)=C(N)S1. The molecule has 1 aliphatic heterocycles. The summed E-state index contributed by atoms with van der Waals surface area (Å²) in [6, 6.07) is 8.17. The quantitative estimate of drug-likeness (QED) is 0.789. The standard InChI is InChI=1S/C14H13N4S/c1-9-11(6-15)13(12(7-16)14(17)19-9)10-4-3-5-18(2)8-10/h3-5,8,13H,17H2,1-2H3/q+1. The molecule has 1 unspecified atom stereocenters. The topological polar surface area (TPSA) is 77.5 Å². The smallest absolute Gasteiger partial charge is 0.172 e. The van der Waals surface area contributed by atoms with Gasteiger partial charge in [0, 0.05) is 16.5 Å². The number of nitriles is 2. The lowest BCUT2D eigenvalue weighted by Crippen LogP contribution is -2.28. The highest BCUT2D eigenvalue weighted by atomic mass is 32.2. The summed E-state index contributed by atoms with van der Waals surface area (Å²) in [5.41, 5.74) is 7.89. The number of rotatable bonds is 1. The van der Waals surface area contributed by atoms with Crippen molar-refractivity contribution in [2.45, 2.75) is 12.8 Å². The van der Waals surface area contributed by atoms with Crippen LogP contribution in [0.25, 0.3) is 0 Å². The molecule has 1 aromatic heterocycles. The van der Waals surface area contributed by atoms with E-state index in [0.29, 0.717) is 16.2 Å². The highest BCUT2D eigenvalue weighted by Crippen LogP contribution is 2.43. The molecule has 1 aromatic rings. The van der Waals surface area contributed by atoms with Crippen molar-refractivity contribution < 1.29 is 4.57 Å². The minimum atomic E-state index is -0.358. The predicted molar refractivity (Wildman–Crippen MR) is 73.1 cm³/mol. The van der Waals surface area contributed by atoms with Crippen molar-refractivity contribution >= 4 is 11.8 Å². The number of nitrogens with two attached hydrogens (primary N) is 1. The first kappa shape index (κ1) is 13.2. The first-order valence-electron chi connectivity index (χ1n) is 5.72. The molecule has 0 saturated carbocycles. The van der Waals surface area contributed by atoms with Gasteiger partial charge in [0.15, 0.2) is 12.4 Å². The van der Waals surface area contributed by atoms with Crippen LogP contribution in [-0.4, -0.2) is 0 Å². The van der Waals surface area contributed by atoms with Crippen LogP contribution in [0.3, 0.4) is 0 Å². The highest BCUT2D eigenvalue weighted by molar-refractivity contribution is 8.06. The molecule has 0 bridgehead atoms. The lowest BCUT2D eigenvalue weighted by Gasteiger charge is -2.22. The molecule has 5 heteroatoms. The maximum atomic E-state index is 9.36. The zero-order chi connectivity index (χ0) is 14.0. The van der Waals surface area contributed by atoms with Gasteiger partial charge in [0.2, 0.25) is 0 Å². The van der Waals surface area contributed by atoms with Gasteiger partial charge in [-0.3, -0.25) is 0 Å². The molecule has 0 aliphatic carbocycles. The molecule has 4 nitrogen and oxygen atoms in total. The second-order valence-electron chi connectivity index (χ2n) is 4.31. The largest absolute Gasteiger partial charge is 0.392 e. The molecule has 0 saturated heterocycles. The number of hydrogen-bond acceptors (Lipinski definition) is 4. The van der Waals surface area contributed by atoms with Gasteiger partial charge < -0.3 is 5.73 Å². The summed E-state index contributed by atoms with van der Waals surface area (Å²) < 4.78 is 1.90. The number of nitrogens with zero attached hydrogens (tertiary/aromatic N) is 3. The number of thioether (sulfide) groups is 1. The van der Waals surface area contributed by atoms with Crippen molar-refractivity contribution in [3.8, 4) is 12.1 Å². The molecule has 0 radical (unpaired) electrons. The summed E-state index contributed by atoms with van der Waals surface area (Å²) in [4.78, 5) is 0.857. The Morgan fingerprint density at radius 2 is 2.00 bits per heavy atom. The van der Waals surface area contributed by atoms with Crippen molar-refractivity contribution in [1.82, 2.24) is 0 Å². The maximum Gasteiger partial charge on any atom is 0.172 e. The zero-order valence-corrected chi connectivity index (χ0v) is 11.5. The second kappa shape index (κ2) is 5.17. The van der Waals surface area contributed by atoms with E-state index in [1.54, 1.807) is 0 Å². The summed E-state index contributed by atoms with van der Waals surface area (Å²) in [5.74, 6) is -0.358. The van der Waals surface area contributed by atoms with E-state index in [1.807, 2.05) is 43.1 Å². The third kappa shape index (κ3) is 2.33. The molecule has 0 aromatic carbocycles. The summed E-state index contributed by atoms with van der Waals surface area (Å²) in [7, 11) is 1.91. The number of allylic oxidation sites excluding steroid dienone is 3. The Hall–Kier alpha value is -2.24. The van der Waals surface area contributed by atoms with E-state index in [-0.39, 0.29) is 5.92 Å². The van der Waals surface area contributed by atoms with Gasteiger partial charge in [-0.05, 0) is 13.0 Å². The average Bonchev–Trinajstić information content (AvgIpc) is 2.38. The summed E-state index contributed by atoms with van der Waals surface area (Å²) in [6.45, 7) is 1.86. The van der Waals surface area contributed by atoms with Crippen LogP contribution in [0.15, 0.2) is 45.6 Å². The van der Waals surface area contributed by atoms with Crippen LogP contribution in [0.2, 0.25) is 0 Å². The van der Waals surface area contributed by atoms with Gasteiger partial charge in [0.25, 0.3) is 0 Å². The van der Waals surface area contributed by atoms with E-state index < -0.39 is 0 Å². The van der Waals surface area contributed by atoms with Crippen LogP contribution in [0.4, 0.5) is 0 Å². The molecule has 0 amide bonds. The molecule has 2 N–H and O–H groups in total. The highest BCUT2D eigenvalue weighted by Gasteiger charge is 2.31. The summed E-state index contributed by atoms with van der Waals surface area (Å²) in [5, 5.41) is 19.2. The van der Waals surface area contributed by atoms with E-state index in [4.69, 9.17) is 5.73 Å². The Balaban J connectivity index is 2.65. The van der Waals surface area contributed by atoms with Crippen molar-refractivity contribution in [2.75, 3.05) is 0 Å². The fourth-order valence-corrected chi connectivity index (χ4v) is 3.02. The van der Waals surface area contributed by atoms with Gasteiger partial charge in [-0.2, -0.15) is 10.5 Å². The Morgan fingerprint density at radius 3 is 2.58 bits per heavy atom.